The molecule has 0 aliphatic rings. The van der Waals surface area contributed by atoms with E-state index < -0.39 is 17.0 Å². The zero-order valence-corrected chi connectivity index (χ0v) is 17.0. The minimum Gasteiger partial charge on any atom is -0.497 e. The Bertz CT molecular complexity index is 931. The van der Waals surface area contributed by atoms with Gasteiger partial charge in [-0.15, -0.1) is 0 Å². The van der Waals surface area contributed by atoms with Crippen LogP contribution in [0.2, 0.25) is 5.15 Å². The van der Waals surface area contributed by atoms with Gasteiger partial charge in [0.1, 0.15) is 17.3 Å². The molecule has 0 saturated heterocycles. The Hall–Kier alpha value is -3.00. The van der Waals surface area contributed by atoms with Crippen LogP contribution in [0.5, 0.6) is 11.5 Å². The molecule has 0 spiro atoms. The van der Waals surface area contributed by atoms with Gasteiger partial charge in [-0.1, -0.05) is 35.9 Å². The maximum absolute atomic E-state index is 13.0. The molecule has 0 unspecified atom stereocenters. The van der Waals surface area contributed by atoms with E-state index in [1.165, 1.54) is 0 Å². The first-order chi connectivity index (χ1) is 14.3. The molecule has 5 nitrogen and oxygen atoms in total. The van der Waals surface area contributed by atoms with Gasteiger partial charge in [-0.05, 0) is 35.4 Å². The number of rotatable bonds is 7. The monoisotopic (exact) mass is 437 g/mol. The Morgan fingerprint density at radius 2 is 1.33 bits per heavy atom. The first kappa shape index (κ1) is 21.7. The molecule has 0 saturated carbocycles. The summed E-state index contributed by atoms with van der Waals surface area (Å²) in [6.45, 7) is 0.763. The average molecular weight is 438 g/mol. The summed E-state index contributed by atoms with van der Waals surface area (Å²) in [6, 6.07) is 14.7. The molecule has 0 radical (unpaired) electrons. The summed E-state index contributed by atoms with van der Waals surface area (Å²) in [7, 11) is 3.15. The van der Waals surface area contributed by atoms with E-state index in [1.807, 2.05) is 48.5 Å². The molecule has 3 aromatic rings. The fourth-order valence-electron chi connectivity index (χ4n) is 2.82. The summed E-state index contributed by atoms with van der Waals surface area (Å²) < 4.78 is 49.3. The van der Waals surface area contributed by atoms with Gasteiger partial charge in [-0.3, -0.25) is 0 Å². The highest BCUT2D eigenvalue weighted by atomic mass is 35.5. The predicted octanol–water partition coefficient (Wildman–Crippen LogP) is 5.37. The second-order valence-electron chi connectivity index (χ2n) is 6.42. The Balaban J connectivity index is 1.92. The highest BCUT2D eigenvalue weighted by Crippen LogP contribution is 2.33. The van der Waals surface area contributed by atoms with E-state index in [4.69, 9.17) is 21.1 Å². The summed E-state index contributed by atoms with van der Waals surface area (Å²) in [4.78, 5) is 9.26. The zero-order chi connectivity index (χ0) is 21.7. The number of hydrogen-bond donors (Lipinski definition) is 0. The quantitative estimate of drug-likeness (QED) is 0.497. The molecule has 0 N–H and O–H groups in total. The summed E-state index contributed by atoms with van der Waals surface area (Å²) in [5.41, 5.74) is 0.631. The van der Waals surface area contributed by atoms with Crippen LogP contribution in [0, 0.1) is 0 Å². The van der Waals surface area contributed by atoms with E-state index >= 15 is 0 Å². The lowest BCUT2D eigenvalue weighted by molar-refractivity contribution is -0.141. The molecule has 0 aliphatic heterocycles. The number of anilines is 1. The molecule has 30 heavy (non-hydrogen) atoms. The minimum absolute atomic E-state index is 0.236. The Labute approximate surface area is 177 Å². The SMILES string of the molecule is COc1ccc(CN(Cc2ccc(OC)cc2)c2cnc(C(F)(F)F)c(Cl)n2)cc1. The molecule has 0 fully saturated rings. The number of nitrogens with zero attached hydrogens (tertiary/aromatic N) is 3. The van der Waals surface area contributed by atoms with Crippen LogP contribution in [-0.4, -0.2) is 24.2 Å². The van der Waals surface area contributed by atoms with Gasteiger partial charge in [-0.25, -0.2) is 9.97 Å². The number of alkyl halides is 3. The van der Waals surface area contributed by atoms with Crippen molar-refractivity contribution in [3.8, 4) is 11.5 Å². The number of benzene rings is 2. The van der Waals surface area contributed by atoms with E-state index in [1.54, 1.807) is 19.1 Å². The van der Waals surface area contributed by atoms with Gasteiger partial charge in [0.2, 0.25) is 0 Å². The number of hydrogen-bond acceptors (Lipinski definition) is 5. The highest BCUT2D eigenvalue weighted by molar-refractivity contribution is 6.30. The van der Waals surface area contributed by atoms with Crippen LogP contribution in [0.3, 0.4) is 0 Å². The van der Waals surface area contributed by atoms with Gasteiger partial charge in [0.25, 0.3) is 0 Å². The molecule has 0 aliphatic carbocycles. The number of ether oxygens (including phenoxy) is 2. The first-order valence-corrected chi connectivity index (χ1v) is 9.28. The van der Waals surface area contributed by atoms with Crippen molar-refractivity contribution in [2.45, 2.75) is 19.3 Å². The summed E-state index contributed by atoms with van der Waals surface area (Å²) in [5, 5.41) is -0.686. The summed E-state index contributed by atoms with van der Waals surface area (Å²) in [5.74, 6) is 1.65. The molecule has 1 aromatic heterocycles. The van der Waals surface area contributed by atoms with Crippen molar-refractivity contribution in [3.05, 3.63) is 76.7 Å². The Kier molecular flexibility index (Phi) is 6.66. The molecule has 3 rings (SSSR count). The number of aromatic nitrogens is 2. The largest absolute Gasteiger partial charge is 0.497 e. The highest BCUT2D eigenvalue weighted by Gasteiger charge is 2.36. The topological polar surface area (TPSA) is 47.5 Å². The van der Waals surface area contributed by atoms with Crippen molar-refractivity contribution in [2.24, 2.45) is 0 Å². The van der Waals surface area contributed by atoms with Crippen molar-refractivity contribution in [2.75, 3.05) is 19.1 Å². The van der Waals surface area contributed by atoms with Crippen LogP contribution in [0.15, 0.2) is 54.7 Å². The molecule has 158 valence electrons. The van der Waals surface area contributed by atoms with Crippen molar-refractivity contribution in [3.63, 3.8) is 0 Å². The van der Waals surface area contributed by atoms with E-state index in [2.05, 4.69) is 9.97 Å². The molecular weight excluding hydrogens is 419 g/mol. The van der Waals surface area contributed by atoms with Crippen molar-refractivity contribution >= 4 is 17.4 Å². The first-order valence-electron chi connectivity index (χ1n) is 8.90. The van der Waals surface area contributed by atoms with E-state index in [0.717, 1.165) is 17.3 Å². The third-order valence-corrected chi connectivity index (χ3v) is 4.64. The zero-order valence-electron chi connectivity index (χ0n) is 16.3. The minimum atomic E-state index is -4.67. The van der Waals surface area contributed by atoms with Crippen molar-refractivity contribution < 1.29 is 22.6 Å². The lowest BCUT2D eigenvalue weighted by Crippen LogP contribution is -2.24. The van der Waals surface area contributed by atoms with Crippen LogP contribution in [-0.2, 0) is 19.3 Å². The predicted molar refractivity (Wildman–Crippen MR) is 108 cm³/mol. The molecule has 0 atom stereocenters. The standard InChI is InChI=1S/C21H19ClF3N3O2/c1-29-16-7-3-14(4-8-16)12-28(13-15-5-9-17(30-2)10-6-15)18-11-26-19(20(22)27-18)21(23,24)25/h3-11H,12-13H2,1-2H3. The maximum atomic E-state index is 13.0. The van der Waals surface area contributed by atoms with Gasteiger partial charge in [0, 0.05) is 13.1 Å². The van der Waals surface area contributed by atoms with Crippen molar-refractivity contribution in [1.82, 2.24) is 9.97 Å². The van der Waals surface area contributed by atoms with E-state index in [0.29, 0.717) is 24.6 Å². The van der Waals surface area contributed by atoms with Crippen LogP contribution in [0.25, 0.3) is 0 Å². The Morgan fingerprint density at radius 3 is 1.70 bits per heavy atom. The lowest BCUT2D eigenvalue weighted by atomic mass is 10.1. The van der Waals surface area contributed by atoms with Gasteiger partial charge in [-0.2, -0.15) is 13.2 Å². The fourth-order valence-corrected chi connectivity index (χ4v) is 3.06. The second kappa shape index (κ2) is 9.21. The third-order valence-electron chi connectivity index (χ3n) is 4.37. The van der Waals surface area contributed by atoms with E-state index in [9.17, 15) is 13.2 Å². The molecule has 0 amide bonds. The molecule has 1 heterocycles. The van der Waals surface area contributed by atoms with Gasteiger partial charge >= 0.3 is 6.18 Å². The van der Waals surface area contributed by atoms with Crippen LogP contribution in [0.1, 0.15) is 16.8 Å². The summed E-state index contributed by atoms with van der Waals surface area (Å²) in [6.07, 6.45) is -3.58. The lowest BCUT2D eigenvalue weighted by Gasteiger charge is -2.24. The fraction of sp³-hybridized carbons (Fsp3) is 0.238. The average Bonchev–Trinajstić information content (AvgIpc) is 2.73. The van der Waals surface area contributed by atoms with Crippen LogP contribution in [0.4, 0.5) is 19.0 Å². The Morgan fingerprint density at radius 1 is 0.867 bits per heavy atom. The van der Waals surface area contributed by atoms with Gasteiger partial charge in [0.05, 0.1) is 20.4 Å². The molecular formula is C21H19ClF3N3O2. The second-order valence-corrected chi connectivity index (χ2v) is 6.78. The normalized spacial score (nSPS) is 11.3. The summed E-state index contributed by atoms with van der Waals surface area (Å²) >= 11 is 5.79. The maximum Gasteiger partial charge on any atom is 0.436 e. The molecule has 9 heteroatoms. The number of halogens is 4. The molecule has 2 aromatic carbocycles. The van der Waals surface area contributed by atoms with E-state index in [-0.39, 0.29) is 5.82 Å². The van der Waals surface area contributed by atoms with Gasteiger partial charge in [0.15, 0.2) is 10.8 Å². The number of methoxy groups -OCH3 is 2. The van der Waals surface area contributed by atoms with Gasteiger partial charge < -0.3 is 14.4 Å². The van der Waals surface area contributed by atoms with Crippen molar-refractivity contribution in [1.29, 1.82) is 0 Å². The van der Waals surface area contributed by atoms with Crippen LogP contribution >= 0.6 is 11.6 Å². The molecule has 0 bridgehead atoms. The van der Waals surface area contributed by atoms with Crippen LogP contribution < -0.4 is 14.4 Å². The smallest absolute Gasteiger partial charge is 0.436 e. The third kappa shape index (κ3) is 5.33.